The van der Waals surface area contributed by atoms with E-state index in [1.807, 2.05) is 0 Å². The number of aromatic nitrogens is 1. The molecule has 0 amide bonds. The van der Waals surface area contributed by atoms with Crippen LogP contribution in [0.1, 0.15) is 30.0 Å². The van der Waals surface area contributed by atoms with Crippen molar-refractivity contribution < 1.29 is 0 Å². The summed E-state index contributed by atoms with van der Waals surface area (Å²) in [4.78, 5) is 6.01. The van der Waals surface area contributed by atoms with Crippen molar-refractivity contribution in [1.82, 2.24) is 9.88 Å². The largest absolute Gasteiger partial charge is 0.358 e. The molecule has 2 aromatic rings. The minimum absolute atomic E-state index is 0.721. The number of H-pyrrole nitrogens is 1. The number of benzene rings is 1. The average molecular weight is 228 g/mol. The summed E-state index contributed by atoms with van der Waals surface area (Å²) < 4.78 is 0. The number of hydrogen-bond acceptors (Lipinski definition) is 1. The van der Waals surface area contributed by atoms with Gasteiger partial charge in [0.05, 0.1) is 0 Å². The third-order valence-electron chi connectivity index (χ3n) is 3.96. The Labute approximate surface area is 103 Å². The maximum absolute atomic E-state index is 3.59. The van der Waals surface area contributed by atoms with Gasteiger partial charge in [0.1, 0.15) is 0 Å². The Kier molecular flexibility index (Phi) is 2.67. The van der Waals surface area contributed by atoms with E-state index < -0.39 is 0 Å². The number of rotatable bonds is 1. The second kappa shape index (κ2) is 4.19. The van der Waals surface area contributed by atoms with E-state index >= 15 is 0 Å². The molecule has 0 unspecified atom stereocenters. The zero-order valence-corrected chi connectivity index (χ0v) is 10.7. The SMILES string of the molecule is Cc1ccc2[nH]c(C3CCN(C)CC3)cc2c1. The second-order valence-electron chi connectivity index (χ2n) is 5.39. The van der Waals surface area contributed by atoms with Crippen molar-refractivity contribution in [2.24, 2.45) is 0 Å². The van der Waals surface area contributed by atoms with E-state index in [2.05, 4.69) is 48.1 Å². The predicted octanol–water partition coefficient (Wildman–Crippen LogP) is 3.29. The summed E-state index contributed by atoms with van der Waals surface area (Å²) in [6.45, 7) is 4.60. The van der Waals surface area contributed by atoms with Gasteiger partial charge in [0.25, 0.3) is 0 Å². The molecule has 17 heavy (non-hydrogen) atoms. The molecule has 0 radical (unpaired) electrons. The van der Waals surface area contributed by atoms with Gasteiger partial charge in [0.2, 0.25) is 0 Å². The minimum atomic E-state index is 0.721. The van der Waals surface area contributed by atoms with Gasteiger partial charge < -0.3 is 9.88 Å². The van der Waals surface area contributed by atoms with E-state index in [0.717, 1.165) is 5.92 Å². The van der Waals surface area contributed by atoms with Gasteiger partial charge in [0, 0.05) is 17.1 Å². The van der Waals surface area contributed by atoms with E-state index in [0.29, 0.717) is 0 Å². The van der Waals surface area contributed by atoms with Crippen LogP contribution in [0.2, 0.25) is 0 Å². The van der Waals surface area contributed by atoms with Crippen molar-refractivity contribution in [2.45, 2.75) is 25.7 Å². The zero-order valence-electron chi connectivity index (χ0n) is 10.7. The summed E-state index contributed by atoms with van der Waals surface area (Å²) in [5.41, 5.74) is 4.05. The zero-order chi connectivity index (χ0) is 11.8. The van der Waals surface area contributed by atoms with E-state index in [1.165, 1.54) is 48.1 Å². The highest BCUT2D eigenvalue weighted by Gasteiger charge is 2.19. The molecule has 3 rings (SSSR count). The first-order valence-electron chi connectivity index (χ1n) is 6.50. The van der Waals surface area contributed by atoms with Crippen molar-refractivity contribution in [2.75, 3.05) is 20.1 Å². The van der Waals surface area contributed by atoms with Gasteiger partial charge >= 0.3 is 0 Å². The highest BCUT2D eigenvalue weighted by Crippen LogP contribution is 2.29. The van der Waals surface area contributed by atoms with Crippen molar-refractivity contribution in [3.05, 3.63) is 35.5 Å². The summed E-state index contributed by atoms with van der Waals surface area (Å²) in [5.74, 6) is 0.721. The molecule has 1 aromatic heterocycles. The molecule has 1 aliphatic heterocycles. The fourth-order valence-electron chi connectivity index (χ4n) is 2.81. The van der Waals surface area contributed by atoms with Gasteiger partial charge in [-0.2, -0.15) is 0 Å². The molecular formula is C15H20N2. The first kappa shape index (κ1) is 10.8. The summed E-state index contributed by atoms with van der Waals surface area (Å²) >= 11 is 0. The summed E-state index contributed by atoms with van der Waals surface area (Å²) in [7, 11) is 2.21. The first-order valence-corrected chi connectivity index (χ1v) is 6.50. The van der Waals surface area contributed by atoms with Crippen LogP contribution in [0.15, 0.2) is 24.3 Å². The predicted molar refractivity (Wildman–Crippen MR) is 72.5 cm³/mol. The molecule has 1 N–H and O–H groups in total. The molecular weight excluding hydrogens is 208 g/mol. The molecule has 1 aromatic carbocycles. The lowest BCUT2D eigenvalue weighted by atomic mass is 9.94. The molecule has 0 saturated carbocycles. The molecule has 2 heteroatoms. The topological polar surface area (TPSA) is 19.0 Å². The second-order valence-corrected chi connectivity index (χ2v) is 5.39. The molecule has 2 heterocycles. The van der Waals surface area contributed by atoms with Gasteiger partial charge in [-0.1, -0.05) is 11.6 Å². The third kappa shape index (κ3) is 2.09. The normalized spacial score (nSPS) is 18.9. The molecule has 1 fully saturated rings. The Hall–Kier alpha value is -1.28. The van der Waals surface area contributed by atoms with Gasteiger partial charge in [-0.15, -0.1) is 0 Å². The summed E-state index contributed by atoms with van der Waals surface area (Å²) in [5, 5.41) is 1.36. The number of aryl methyl sites for hydroxylation is 1. The number of nitrogens with one attached hydrogen (secondary N) is 1. The molecule has 1 saturated heterocycles. The summed E-state index contributed by atoms with van der Waals surface area (Å²) in [6.07, 6.45) is 2.56. The smallest absolute Gasteiger partial charge is 0.0456 e. The van der Waals surface area contributed by atoms with Crippen LogP contribution in [-0.4, -0.2) is 30.0 Å². The number of fused-ring (bicyclic) bond motifs is 1. The maximum Gasteiger partial charge on any atom is 0.0456 e. The van der Waals surface area contributed by atoms with Crippen LogP contribution in [0, 0.1) is 6.92 Å². The molecule has 0 bridgehead atoms. The Balaban J connectivity index is 1.90. The lowest BCUT2D eigenvalue weighted by molar-refractivity contribution is 0.254. The highest BCUT2D eigenvalue weighted by atomic mass is 15.1. The van der Waals surface area contributed by atoms with Crippen LogP contribution in [0.25, 0.3) is 10.9 Å². The van der Waals surface area contributed by atoms with Crippen molar-refractivity contribution in [1.29, 1.82) is 0 Å². The van der Waals surface area contributed by atoms with Gasteiger partial charge in [-0.25, -0.2) is 0 Å². The lowest BCUT2D eigenvalue weighted by Gasteiger charge is -2.28. The average Bonchev–Trinajstić information content (AvgIpc) is 2.72. The van der Waals surface area contributed by atoms with Crippen molar-refractivity contribution in [3.8, 4) is 0 Å². The Bertz CT molecular complexity index is 519. The van der Waals surface area contributed by atoms with Gasteiger partial charge in [-0.3, -0.25) is 0 Å². The van der Waals surface area contributed by atoms with Crippen LogP contribution < -0.4 is 0 Å². The molecule has 1 aliphatic rings. The van der Waals surface area contributed by atoms with E-state index in [9.17, 15) is 0 Å². The van der Waals surface area contributed by atoms with Crippen LogP contribution in [0.3, 0.4) is 0 Å². The molecule has 0 aliphatic carbocycles. The number of aromatic amines is 1. The van der Waals surface area contributed by atoms with Gasteiger partial charge in [0.15, 0.2) is 0 Å². The van der Waals surface area contributed by atoms with Gasteiger partial charge in [-0.05, 0) is 63.5 Å². The molecule has 0 spiro atoms. The Morgan fingerprint density at radius 1 is 1.18 bits per heavy atom. The number of nitrogens with zero attached hydrogens (tertiary/aromatic N) is 1. The number of piperidine rings is 1. The number of likely N-dealkylation sites (tertiary alicyclic amines) is 1. The Morgan fingerprint density at radius 3 is 2.71 bits per heavy atom. The first-order chi connectivity index (χ1) is 8.22. The third-order valence-corrected chi connectivity index (χ3v) is 3.96. The van der Waals surface area contributed by atoms with Crippen LogP contribution in [-0.2, 0) is 0 Å². The highest BCUT2D eigenvalue weighted by molar-refractivity contribution is 5.81. The monoisotopic (exact) mass is 228 g/mol. The van der Waals surface area contributed by atoms with Crippen molar-refractivity contribution >= 4 is 10.9 Å². The summed E-state index contributed by atoms with van der Waals surface area (Å²) in [6, 6.07) is 8.99. The molecule has 90 valence electrons. The van der Waals surface area contributed by atoms with E-state index in [4.69, 9.17) is 0 Å². The fourth-order valence-corrected chi connectivity index (χ4v) is 2.81. The maximum atomic E-state index is 3.59. The van der Waals surface area contributed by atoms with E-state index in [-0.39, 0.29) is 0 Å². The van der Waals surface area contributed by atoms with Crippen LogP contribution >= 0.6 is 0 Å². The minimum Gasteiger partial charge on any atom is -0.358 e. The van der Waals surface area contributed by atoms with Crippen LogP contribution in [0.4, 0.5) is 0 Å². The van der Waals surface area contributed by atoms with Crippen LogP contribution in [0.5, 0.6) is 0 Å². The molecule has 2 nitrogen and oxygen atoms in total. The Morgan fingerprint density at radius 2 is 1.94 bits per heavy atom. The number of hydrogen-bond donors (Lipinski definition) is 1. The lowest BCUT2D eigenvalue weighted by Crippen LogP contribution is -2.29. The molecule has 0 atom stereocenters. The quantitative estimate of drug-likeness (QED) is 0.793. The van der Waals surface area contributed by atoms with Crippen molar-refractivity contribution in [3.63, 3.8) is 0 Å². The standard InChI is InChI=1S/C15H20N2/c1-11-3-4-14-13(9-11)10-15(16-14)12-5-7-17(2)8-6-12/h3-4,9-10,12,16H,5-8H2,1-2H3. The van der Waals surface area contributed by atoms with E-state index in [1.54, 1.807) is 0 Å². The fraction of sp³-hybridized carbons (Fsp3) is 0.467.